The zero-order chi connectivity index (χ0) is 22.5. The molecule has 0 aliphatic carbocycles. The van der Waals surface area contributed by atoms with E-state index in [-0.39, 0.29) is 24.1 Å². The highest BCUT2D eigenvalue weighted by Gasteiger charge is 2.30. The number of aliphatic imine (C=N–C) groups is 1. The van der Waals surface area contributed by atoms with Gasteiger partial charge >= 0.3 is 0 Å². The Morgan fingerprint density at radius 3 is 2.56 bits per heavy atom. The molecule has 174 valence electrons. The number of hydrogen-bond donors (Lipinski definition) is 1. The number of halogens is 1. The zero-order valence-corrected chi connectivity index (χ0v) is 19.1. The molecule has 0 amide bonds. The van der Waals surface area contributed by atoms with E-state index in [0.717, 1.165) is 55.9 Å². The molecule has 7 nitrogen and oxygen atoms in total. The van der Waals surface area contributed by atoms with E-state index in [9.17, 15) is 4.39 Å². The largest absolute Gasteiger partial charge is 0.465 e. The Labute approximate surface area is 189 Å². The molecule has 1 aromatic carbocycles. The number of ether oxygens (including phenoxy) is 2. The summed E-state index contributed by atoms with van der Waals surface area (Å²) < 4.78 is 31.0. The lowest BCUT2D eigenvalue weighted by atomic mass is 10.1. The summed E-state index contributed by atoms with van der Waals surface area (Å²) in [5.41, 5.74) is 0.968. The first-order valence-electron chi connectivity index (χ1n) is 11.3. The highest BCUT2D eigenvalue weighted by Crippen LogP contribution is 2.26. The molecule has 0 radical (unpaired) electrons. The molecule has 3 heterocycles. The molecule has 2 aliphatic heterocycles. The van der Waals surface area contributed by atoms with E-state index in [4.69, 9.17) is 13.9 Å². The molecule has 2 saturated heterocycles. The highest BCUT2D eigenvalue weighted by molar-refractivity contribution is 5.80. The molecular formula is C24H33FN4O3. The normalized spacial score (nSPS) is 23.9. The molecule has 8 heteroatoms. The van der Waals surface area contributed by atoms with Crippen LogP contribution in [0.25, 0.3) is 0 Å². The second-order valence-corrected chi connectivity index (χ2v) is 8.43. The minimum Gasteiger partial charge on any atom is -0.465 e. The summed E-state index contributed by atoms with van der Waals surface area (Å²) in [5, 5.41) is 3.56. The number of nitrogens with zero attached hydrogens (tertiary/aromatic N) is 3. The maximum absolute atomic E-state index is 13.4. The molecule has 0 spiro atoms. The van der Waals surface area contributed by atoms with Gasteiger partial charge in [0.2, 0.25) is 0 Å². The fraction of sp³-hybridized carbons (Fsp3) is 0.542. The molecule has 1 aromatic heterocycles. The molecule has 1 N–H and O–H groups in total. The summed E-state index contributed by atoms with van der Waals surface area (Å²) in [6, 6.07) is 10.7. The predicted octanol–water partition coefficient (Wildman–Crippen LogP) is 3.14. The highest BCUT2D eigenvalue weighted by atomic mass is 19.1. The molecule has 0 saturated carbocycles. The molecule has 2 fully saturated rings. The van der Waals surface area contributed by atoms with Gasteiger partial charge in [-0.3, -0.25) is 9.89 Å². The van der Waals surface area contributed by atoms with Gasteiger partial charge in [-0.2, -0.15) is 0 Å². The topological polar surface area (TPSA) is 62.5 Å². The van der Waals surface area contributed by atoms with Crippen molar-refractivity contribution in [1.29, 1.82) is 0 Å². The molecule has 4 rings (SSSR count). The Hall–Kier alpha value is -2.42. The van der Waals surface area contributed by atoms with Crippen molar-refractivity contribution >= 4 is 5.96 Å². The van der Waals surface area contributed by atoms with E-state index >= 15 is 0 Å². The zero-order valence-electron chi connectivity index (χ0n) is 19.1. The predicted molar refractivity (Wildman–Crippen MR) is 121 cm³/mol. The smallest absolute Gasteiger partial charge is 0.193 e. The van der Waals surface area contributed by atoms with Crippen molar-refractivity contribution in [3.8, 4) is 0 Å². The minimum absolute atomic E-state index is 0.0279. The summed E-state index contributed by atoms with van der Waals surface area (Å²) >= 11 is 0. The van der Waals surface area contributed by atoms with Gasteiger partial charge in [-0.25, -0.2) is 4.39 Å². The van der Waals surface area contributed by atoms with Crippen LogP contribution < -0.4 is 5.32 Å². The van der Waals surface area contributed by atoms with E-state index in [2.05, 4.69) is 33.1 Å². The van der Waals surface area contributed by atoms with Crippen LogP contribution in [0.3, 0.4) is 0 Å². The van der Waals surface area contributed by atoms with Crippen LogP contribution in [0.15, 0.2) is 45.8 Å². The van der Waals surface area contributed by atoms with Crippen LogP contribution in [0.2, 0.25) is 0 Å². The molecular weight excluding hydrogens is 411 g/mol. The molecule has 3 atom stereocenters. The Morgan fingerprint density at radius 1 is 1.16 bits per heavy atom. The van der Waals surface area contributed by atoms with Crippen molar-refractivity contribution < 1.29 is 18.3 Å². The van der Waals surface area contributed by atoms with Crippen LogP contribution in [0.1, 0.15) is 36.2 Å². The summed E-state index contributed by atoms with van der Waals surface area (Å²) in [6.07, 6.45) is -0.110. The maximum atomic E-state index is 13.4. The number of rotatable bonds is 5. The van der Waals surface area contributed by atoms with Crippen LogP contribution >= 0.6 is 0 Å². The average Bonchev–Trinajstić information content (AvgIpc) is 3.23. The standard InChI is InChI=1S/C24H33FN4O3/c1-17-4-9-22(31-17)21(28-10-12-30-13-11-28)14-27-24(26-3)29-15-18(2)32-23(16-29)19-5-7-20(25)8-6-19/h4-9,18,21,23H,10-16H2,1-3H3,(H,26,27). The van der Waals surface area contributed by atoms with Gasteiger partial charge < -0.3 is 24.1 Å². The third-order valence-corrected chi connectivity index (χ3v) is 6.04. The lowest BCUT2D eigenvalue weighted by Crippen LogP contribution is -2.52. The number of aryl methyl sites for hydroxylation is 1. The van der Waals surface area contributed by atoms with E-state index in [1.165, 1.54) is 12.1 Å². The minimum atomic E-state index is -0.241. The van der Waals surface area contributed by atoms with Gasteiger partial charge in [0.05, 0.1) is 31.9 Å². The van der Waals surface area contributed by atoms with Gasteiger partial charge in [0.15, 0.2) is 5.96 Å². The monoisotopic (exact) mass is 444 g/mol. The van der Waals surface area contributed by atoms with Crippen molar-refractivity contribution in [2.45, 2.75) is 32.1 Å². The van der Waals surface area contributed by atoms with Crippen LogP contribution in [0.5, 0.6) is 0 Å². The number of morpholine rings is 2. The van der Waals surface area contributed by atoms with E-state index in [1.807, 2.05) is 13.0 Å². The number of benzene rings is 1. The Balaban J connectivity index is 1.45. The van der Waals surface area contributed by atoms with Crippen molar-refractivity contribution in [1.82, 2.24) is 15.1 Å². The number of guanidine groups is 1. The maximum Gasteiger partial charge on any atom is 0.193 e. The number of nitrogens with one attached hydrogen (secondary N) is 1. The third-order valence-electron chi connectivity index (χ3n) is 6.04. The summed E-state index contributed by atoms with van der Waals surface area (Å²) in [6.45, 7) is 9.27. The van der Waals surface area contributed by atoms with Gasteiger partial charge in [-0.15, -0.1) is 0 Å². The Kier molecular flexibility index (Phi) is 7.44. The SMILES string of the molecule is CN=C(NCC(c1ccc(C)o1)N1CCOCC1)N1CC(C)OC(c2ccc(F)cc2)C1. The number of hydrogen-bond acceptors (Lipinski definition) is 5. The Bertz CT molecular complexity index is 895. The first-order chi connectivity index (χ1) is 15.5. The van der Waals surface area contributed by atoms with Crippen LogP contribution in [0, 0.1) is 12.7 Å². The second-order valence-electron chi connectivity index (χ2n) is 8.43. The lowest BCUT2D eigenvalue weighted by molar-refractivity contribution is -0.0606. The quantitative estimate of drug-likeness (QED) is 0.565. The first-order valence-corrected chi connectivity index (χ1v) is 11.3. The van der Waals surface area contributed by atoms with E-state index < -0.39 is 0 Å². The molecule has 3 unspecified atom stereocenters. The molecule has 2 aromatic rings. The van der Waals surface area contributed by atoms with Crippen molar-refractivity contribution in [3.05, 3.63) is 59.3 Å². The summed E-state index contributed by atoms with van der Waals surface area (Å²) in [4.78, 5) is 9.15. The van der Waals surface area contributed by atoms with Crippen molar-refractivity contribution in [3.63, 3.8) is 0 Å². The van der Waals surface area contributed by atoms with E-state index in [0.29, 0.717) is 13.1 Å². The van der Waals surface area contributed by atoms with Gasteiger partial charge in [0, 0.05) is 33.2 Å². The summed E-state index contributed by atoms with van der Waals surface area (Å²) in [7, 11) is 1.80. The van der Waals surface area contributed by atoms with Crippen LogP contribution in [-0.4, -0.2) is 74.8 Å². The Morgan fingerprint density at radius 2 is 1.91 bits per heavy atom. The van der Waals surface area contributed by atoms with Gasteiger partial charge in [-0.05, 0) is 43.7 Å². The van der Waals surface area contributed by atoms with Gasteiger partial charge in [-0.1, -0.05) is 12.1 Å². The first kappa shape index (κ1) is 22.8. The molecule has 2 aliphatic rings. The van der Waals surface area contributed by atoms with E-state index in [1.54, 1.807) is 19.2 Å². The van der Waals surface area contributed by atoms with Crippen molar-refractivity contribution in [2.24, 2.45) is 4.99 Å². The number of furan rings is 1. The molecule has 0 bridgehead atoms. The second kappa shape index (κ2) is 10.5. The lowest BCUT2D eigenvalue weighted by Gasteiger charge is -2.39. The fourth-order valence-corrected chi connectivity index (χ4v) is 4.44. The van der Waals surface area contributed by atoms with Crippen molar-refractivity contribution in [2.75, 3.05) is 53.0 Å². The van der Waals surface area contributed by atoms with Gasteiger partial charge in [0.25, 0.3) is 0 Å². The fourth-order valence-electron chi connectivity index (χ4n) is 4.44. The third kappa shape index (κ3) is 5.49. The average molecular weight is 445 g/mol. The summed E-state index contributed by atoms with van der Waals surface area (Å²) in [5.74, 6) is 2.45. The van der Waals surface area contributed by atoms with Crippen LogP contribution in [0.4, 0.5) is 4.39 Å². The van der Waals surface area contributed by atoms with Gasteiger partial charge in [0.1, 0.15) is 23.4 Å². The van der Waals surface area contributed by atoms with Crippen LogP contribution in [-0.2, 0) is 9.47 Å². The molecule has 32 heavy (non-hydrogen) atoms.